The topological polar surface area (TPSA) is 57.9 Å². The normalized spacial score (nSPS) is 20.5. The molecule has 0 spiro atoms. The lowest BCUT2D eigenvalue weighted by Gasteiger charge is -2.42. The van der Waals surface area contributed by atoms with Crippen molar-refractivity contribution in [3.63, 3.8) is 0 Å². The molecule has 0 aromatic carbocycles. The van der Waals surface area contributed by atoms with Gasteiger partial charge in [0.05, 0.1) is 6.54 Å². The molecule has 0 radical (unpaired) electrons. The van der Waals surface area contributed by atoms with Gasteiger partial charge in [0.15, 0.2) is 0 Å². The summed E-state index contributed by atoms with van der Waals surface area (Å²) in [6, 6.07) is 0. The molecule has 0 bridgehead atoms. The number of hydrogen-bond donors (Lipinski definition) is 1. The van der Waals surface area contributed by atoms with Crippen LogP contribution in [-0.4, -0.2) is 41.9 Å². The highest BCUT2D eigenvalue weighted by atomic mass is 32.1. The van der Waals surface area contributed by atoms with Gasteiger partial charge < -0.3 is 20.0 Å². The van der Waals surface area contributed by atoms with E-state index in [4.69, 9.17) is 5.26 Å². The fourth-order valence-electron chi connectivity index (χ4n) is 5.00. The molecule has 1 saturated heterocycles. The molecule has 2 fully saturated rings. The Morgan fingerprint density at radius 2 is 2.03 bits per heavy atom. The predicted octanol–water partition coefficient (Wildman–Crippen LogP) is 4.85. The minimum Gasteiger partial charge on any atom is -0.354 e. The van der Waals surface area contributed by atoms with Crippen LogP contribution in [-0.2, 0) is 6.54 Å². The average Bonchev–Trinajstić information content (AvgIpc) is 3.48. The molecule has 1 N–H and O–H groups in total. The molecule has 1 saturated carbocycles. The lowest BCUT2D eigenvalue weighted by Crippen LogP contribution is -2.40. The number of aliphatic imine (C=N–C) groups is 1. The summed E-state index contributed by atoms with van der Waals surface area (Å²) >= 11 is 1.86. The molecule has 6 nitrogen and oxygen atoms in total. The predicted molar refractivity (Wildman–Crippen MR) is 130 cm³/mol. The van der Waals surface area contributed by atoms with Crippen LogP contribution in [0.25, 0.3) is 5.70 Å². The largest absolute Gasteiger partial charge is 0.354 e. The lowest BCUT2D eigenvalue weighted by molar-refractivity contribution is 0.430. The fraction of sp³-hybridized carbons (Fsp3) is 0.583. The van der Waals surface area contributed by atoms with Crippen molar-refractivity contribution in [2.24, 2.45) is 10.9 Å². The first kappa shape index (κ1) is 21.8. The highest BCUT2D eigenvalue weighted by Gasteiger charge is 2.35. The monoisotopic (exact) mass is 438 g/mol. The van der Waals surface area contributed by atoms with Crippen LogP contribution in [0.2, 0.25) is 0 Å². The second kappa shape index (κ2) is 9.35. The van der Waals surface area contributed by atoms with Gasteiger partial charge in [-0.25, -0.2) is 0 Å². The van der Waals surface area contributed by atoms with E-state index in [1.807, 2.05) is 17.5 Å². The van der Waals surface area contributed by atoms with Gasteiger partial charge in [0.2, 0.25) is 12.2 Å². The van der Waals surface area contributed by atoms with Gasteiger partial charge in [0, 0.05) is 42.3 Å². The van der Waals surface area contributed by atoms with Crippen LogP contribution < -0.4 is 10.2 Å². The van der Waals surface area contributed by atoms with E-state index in [1.54, 1.807) is 0 Å². The Bertz CT molecular complexity index is 917. The van der Waals surface area contributed by atoms with Gasteiger partial charge in [-0.2, -0.15) is 5.26 Å². The van der Waals surface area contributed by atoms with E-state index in [2.05, 4.69) is 52.0 Å². The highest BCUT2D eigenvalue weighted by Crippen LogP contribution is 2.48. The van der Waals surface area contributed by atoms with Gasteiger partial charge in [0.25, 0.3) is 0 Å². The van der Waals surface area contributed by atoms with Crippen molar-refractivity contribution in [1.82, 2.24) is 15.1 Å². The molecule has 0 atom stereocenters. The van der Waals surface area contributed by atoms with E-state index in [0.29, 0.717) is 5.96 Å². The average molecular weight is 439 g/mol. The van der Waals surface area contributed by atoms with E-state index in [1.165, 1.54) is 46.7 Å². The van der Waals surface area contributed by atoms with Crippen molar-refractivity contribution in [1.29, 1.82) is 5.26 Å². The Kier molecular flexibility index (Phi) is 6.57. The van der Waals surface area contributed by atoms with Gasteiger partial charge >= 0.3 is 0 Å². The summed E-state index contributed by atoms with van der Waals surface area (Å²) in [4.78, 5) is 12.3. The first-order chi connectivity index (χ1) is 15.0. The first-order valence-electron chi connectivity index (χ1n) is 11.6. The molecule has 0 amide bonds. The second-order valence-electron chi connectivity index (χ2n) is 8.84. The molecular weight excluding hydrogens is 404 g/mol. The molecule has 3 heterocycles. The quantitative estimate of drug-likeness (QED) is 0.617. The van der Waals surface area contributed by atoms with Gasteiger partial charge in [-0.3, -0.25) is 0 Å². The zero-order chi connectivity index (χ0) is 22.0. The van der Waals surface area contributed by atoms with Crippen molar-refractivity contribution in [3.05, 3.63) is 35.0 Å². The molecule has 1 aromatic rings. The van der Waals surface area contributed by atoms with Gasteiger partial charge in [0.1, 0.15) is 10.8 Å². The van der Waals surface area contributed by atoms with E-state index in [-0.39, 0.29) is 0 Å². The minimum absolute atomic E-state index is 0.684. The number of unbranched alkanes of at least 4 members (excludes halogenated alkanes) is 1. The van der Waals surface area contributed by atoms with Gasteiger partial charge in [-0.05, 0) is 37.7 Å². The van der Waals surface area contributed by atoms with Crippen molar-refractivity contribution >= 4 is 28.0 Å². The number of thiophene rings is 1. The van der Waals surface area contributed by atoms with Crippen molar-refractivity contribution in [2.45, 2.75) is 58.9 Å². The zero-order valence-electron chi connectivity index (χ0n) is 18.9. The van der Waals surface area contributed by atoms with Crippen LogP contribution in [0, 0.1) is 24.3 Å². The smallest absolute Gasteiger partial charge is 0.210 e. The van der Waals surface area contributed by atoms with E-state index >= 15 is 0 Å². The molecule has 2 aliphatic heterocycles. The first-order valence-corrected chi connectivity index (χ1v) is 12.4. The third kappa shape index (κ3) is 4.18. The van der Waals surface area contributed by atoms with Crippen molar-refractivity contribution < 1.29 is 0 Å². The highest BCUT2D eigenvalue weighted by molar-refractivity contribution is 7.16. The summed E-state index contributed by atoms with van der Waals surface area (Å²) in [6.07, 6.45) is 9.55. The number of nitriles is 1. The molecule has 3 aliphatic rings. The van der Waals surface area contributed by atoms with Crippen molar-refractivity contribution in [3.8, 4) is 6.19 Å². The number of hydrogen-bond acceptors (Lipinski definition) is 5. The lowest BCUT2D eigenvalue weighted by atomic mass is 10.0. The Morgan fingerprint density at radius 1 is 1.26 bits per heavy atom. The molecule has 166 valence electrons. The third-order valence-electron chi connectivity index (χ3n) is 6.82. The summed E-state index contributed by atoms with van der Waals surface area (Å²) in [5.74, 6) is 2.51. The van der Waals surface area contributed by atoms with Crippen LogP contribution >= 0.6 is 11.3 Å². The molecular formula is C24H34N6S. The number of nitrogens with zero attached hydrogens (tertiary/aromatic N) is 5. The van der Waals surface area contributed by atoms with Gasteiger partial charge in [-0.1, -0.05) is 39.3 Å². The van der Waals surface area contributed by atoms with Crippen LogP contribution in [0.3, 0.4) is 0 Å². The molecule has 1 aromatic heterocycles. The number of rotatable bonds is 7. The van der Waals surface area contributed by atoms with Crippen molar-refractivity contribution in [2.75, 3.05) is 31.1 Å². The molecule has 1 aliphatic carbocycles. The summed E-state index contributed by atoms with van der Waals surface area (Å²) in [7, 11) is 0. The number of nitrogens with one attached hydrogen (secondary N) is 1. The summed E-state index contributed by atoms with van der Waals surface area (Å²) in [6.45, 7) is 18.0. The summed E-state index contributed by atoms with van der Waals surface area (Å²) in [5.41, 5.74) is 3.67. The summed E-state index contributed by atoms with van der Waals surface area (Å²) < 4.78 is 0. The Morgan fingerprint density at radius 3 is 2.74 bits per heavy atom. The molecule has 31 heavy (non-hydrogen) atoms. The zero-order valence-corrected chi connectivity index (χ0v) is 19.7. The Hall–Kier alpha value is -2.46. The van der Waals surface area contributed by atoms with E-state index in [0.717, 1.165) is 63.0 Å². The number of guanidine groups is 1. The van der Waals surface area contributed by atoms with E-state index in [9.17, 15) is 0 Å². The van der Waals surface area contributed by atoms with Crippen LogP contribution in [0.5, 0.6) is 0 Å². The maximum Gasteiger partial charge on any atom is 0.210 e. The minimum atomic E-state index is 0.684. The van der Waals surface area contributed by atoms with Crippen LogP contribution in [0.15, 0.2) is 24.0 Å². The van der Waals surface area contributed by atoms with E-state index < -0.39 is 0 Å². The van der Waals surface area contributed by atoms with Crippen LogP contribution in [0.4, 0.5) is 5.00 Å². The maximum absolute atomic E-state index is 9.00. The maximum atomic E-state index is 9.00. The van der Waals surface area contributed by atoms with Crippen LogP contribution in [0.1, 0.15) is 61.5 Å². The SMILES string of the molecule is C=C1c2c(sc(CN3CCN/C3=N\C#N)c2C)N(CC2CCCC2)C(=C)N1CCCC. The second-order valence-corrected chi connectivity index (χ2v) is 9.93. The molecule has 7 heteroatoms. The standard InChI is InChI=1S/C24H34N6S/c1-5-6-12-29-18(3)22-17(2)21(15-28-13-11-26-24(28)27-16-25)31-23(22)30(19(29)4)14-20-9-7-8-10-20/h20H,3-15H2,1-2H3,(H,26,27). The molecule has 0 unspecified atom stereocenters. The Labute approximate surface area is 190 Å². The molecule has 4 rings (SSSR count). The van der Waals surface area contributed by atoms with Gasteiger partial charge in [-0.15, -0.1) is 16.3 Å². The summed E-state index contributed by atoms with van der Waals surface area (Å²) in [5, 5.41) is 13.5. The third-order valence-corrected chi connectivity index (χ3v) is 8.11. The fourth-order valence-corrected chi connectivity index (χ4v) is 6.38. The number of anilines is 1. The Balaban J connectivity index is 1.67. The number of fused-ring (bicyclic) bond motifs is 1.